The second-order valence-corrected chi connectivity index (χ2v) is 8.92. The molecule has 9 heteroatoms. The summed E-state index contributed by atoms with van der Waals surface area (Å²) in [5.74, 6) is 0. The Balaban J connectivity index is 0.000000192. The van der Waals surface area contributed by atoms with Gasteiger partial charge in [0.25, 0.3) is 0 Å². The summed E-state index contributed by atoms with van der Waals surface area (Å²) in [7, 11) is 0. The lowest BCUT2D eigenvalue weighted by Crippen LogP contribution is -2.16. The van der Waals surface area contributed by atoms with Gasteiger partial charge in [0.2, 0.25) is 0 Å². The molecular formula is C24H46O9. The van der Waals surface area contributed by atoms with Crippen molar-refractivity contribution in [2.75, 3.05) is 59.5 Å². The summed E-state index contributed by atoms with van der Waals surface area (Å²) in [5, 5.41) is 16.7. The van der Waals surface area contributed by atoms with Crippen molar-refractivity contribution in [1.82, 2.24) is 0 Å². The maximum Gasteiger partial charge on any atom is 0.151 e. The van der Waals surface area contributed by atoms with E-state index in [1.54, 1.807) is 0 Å². The van der Waals surface area contributed by atoms with Gasteiger partial charge in [-0.25, -0.2) is 0 Å². The van der Waals surface area contributed by atoms with E-state index in [0.29, 0.717) is 36.9 Å². The van der Waals surface area contributed by atoms with E-state index in [1.807, 2.05) is 0 Å². The van der Waals surface area contributed by atoms with E-state index >= 15 is 0 Å². The van der Waals surface area contributed by atoms with Gasteiger partial charge in [-0.2, -0.15) is 0 Å². The second kappa shape index (κ2) is 18.0. The fourth-order valence-electron chi connectivity index (χ4n) is 2.84. The van der Waals surface area contributed by atoms with Gasteiger partial charge in [0.15, 0.2) is 6.29 Å². The number of aliphatic hydroxyl groups excluding tert-OH is 1. The van der Waals surface area contributed by atoms with Crippen LogP contribution < -0.4 is 0 Å². The minimum absolute atomic E-state index is 0.366. The van der Waals surface area contributed by atoms with Crippen molar-refractivity contribution in [1.29, 1.82) is 0 Å². The molecule has 0 spiro atoms. The van der Waals surface area contributed by atoms with E-state index in [2.05, 4.69) is 13.8 Å². The van der Waals surface area contributed by atoms with E-state index in [0.717, 1.165) is 98.0 Å². The minimum Gasteiger partial charge on any atom is -0.379 e. The Kier molecular flexibility index (Phi) is 15.7. The van der Waals surface area contributed by atoms with Crippen LogP contribution in [0.2, 0.25) is 0 Å². The maximum absolute atomic E-state index is 8.33. The van der Waals surface area contributed by atoms with Crippen LogP contribution in [0.15, 0.2) is 0 Å². The number of aliphatic hydroxyl groups is 2. The number of hydrogen-bond acceptors (Lipinski definition) is 9. The molecule has 5 atom stereocenters. The maximum atomic E-state index is 8.33. The van der Waals surface area contributed by atoms with Crippen molar-refractivity contribution in [3.8, 4) is 0 Å². The van der Waals surface area contributed by atoms with Crippen LogP contribution in [0.4, 0.5) is 0 Å². The van der Waals surface area contributed by atoms with Crippen LogP contribution in [0.3, 0.4) is 0 Å². The Morgan fingerprint density at radius 1 is 0.697 bits per heavy atom. The van der Waals surface area contributed by atoms with E-state index in [1.165, 1.54) is 0 Å². The molecule has 2 N–H and O–H groups in total. The first-order valence-electron chi connectivity index (χ1n) is 12.7. The van der Waals surface area contributed by atoms with Gasteiger partial charge >= 0.3 is 0 Å². The van der Waals surface area contributed by atoms with E-state index in [9.17, 15) is 0 Å². The van der Waals surface area contributed by atoms with E-state index in [4.69, 9.17) is 43.4 Å². The Morgan fingerprint density at radius 3 is 1.67 bits per heavy atom. The average molecular weight is 479 g/mol. The molecule has 0 amide bonds. The van der Waals surface area contributed by atoms with Crippen molar-refractivity contribution < 1.29 is 43.4 Å². The summed E-state index contributed by atoms with van der Waals surface area (Å²) in [4.78, 5) is 0. The monoisotopic (exact) mass is 478 g/mol. The minimum atomic E-state index is -1.10. The molecule has 0 aromatic rings. The highest BCUT2D eigenvalue weighted by Gasteiger charge is 2.26. The predicted molar refractivity (Wildman–Crippen MR) is 122 cm³/mol. The zero-order valence-corrected chi connectivity index (χ0v) is 20.5. The topological polar surface area (TPSA) is 118 Å². The van der Waals surface area contributed by atoms with Crippen LogP contribution in [0.25, 0.3) is 0 Å². The highest BCUT2D eigenvalue weighted by Crippen LogP contribution is 2.14. The molecule has 4 saturated heterocycles. The molecule has 4 fully saturated rings. The first kappa shape index (κ1) is 28.9. The Morgan fingerprint density at radius 2 is 1.21 bits per heavy atom. The van der Waals surface area contributed by atoms with Gasteiger partial charge in [-0.05, 0) is 32.1 Å². The molecule has 5 unspecified atom stereocenters. The summed E-state index contributed by atoms with van der Waals surface area (Å²) >= 11 is 0. The highest BCUT2D eigenvalue weighted by molar-refractivity contribution is 4.71. The molecule has 4 heterocycles. The smallest absolute Gasteiger partial charge is 0.151 e. The lowest BCUT2D eigenvalue weighted by molar-refractivity contribution is -0.0465. The molecule has 0 saturated carbocycles. The van der Waals surface area contributed by atoms with Crippen molar-refractivity contribution in [2.24, 2.45) is 0 Å². The number of hydrogen-bond donors (Lipinski definition) is 2. The fourth-order valence-corrected chi connectivity index (χ4v) is 2.84. The molecule has 0 bridgehead atoms. The van der Waals surface area contributed by atoms with Crippen LogP contribution in [-0.4, -0.2) is 106 Å². The average Bonchev–Trinajstić information content (AvgIpc) is 3.65. The zero-order valence-electron chi connectivity index (χ0n) is 20.5. The molecule has 9 nitrogen and oxygen atoms in total. The normalized spacial score (nSPS) is 27.2. The van der Waals surface area contributed by atoms with Gasteiger partial charge < -0.3 is 43.4 Å². The Bertz CT molecular complexity index is 437. The van der Waals surface area contributed by atoms with Gasteiger partial charge in [-0.15, -0.1) is 0 Å². The third kappa shape index (κ3) is 19.6. The van der Waals surface area contributed by atoms with E-state index < -0.39 is 6.29 Å². The lowest BCUT2D eigenvalue weighted by Gasteiger charge is -2.15. The largest absolute Gasteiger partial charge is 0.379 e. The molecule has 4 rings (SSSR count). The van der Waals surface area contributed by atoms with Crippen LogP contribution >= 0.6 is 0 Å². The second-order valence-electron chi connectivity index (χ2n) is 8.92. The fraction of sp³-hybridized carbons (Fsp3) is 1.00. The summed E-state index contributed by atoms with van der Waals surface area (Å²) < 4.78 is 36.5. The third-order valence-corrected chi connectivity index (χ3v) is 5.37. The van der Waals surface area contributed by atoms with Gasteiger partial charge in [-0.3, -0.25) is 0 Å². The summed E-state index contributed by atoms with van der Waals surface area (Å²) in [6.45, 7) is 11.6. The molecule has 0 aromatic carbocycles. The van der Waals surface area contributed by atoms with Crippen LogP contribution in [-0.2, 0) is 33.2 Å². The van der Waals surface area contributed by atoms with Gasteiger partial charge in [0, 0.05) is 6.61 Å². The van der Waals surface area contributed by atoms with Crippen molar-refractivity contribution >= 4 is 0 Å². The van der Waals surface area contributed by atoms with E-state index in [-0.39, 0.29) is 0 Å². The predicted octanol–water partition coefficient (Wildman–Crippen LogP) is 2.05. The van der Waals surface area contributed by atoms with Crippen LogP contribution in [0, 0.1) is 0 Å². The first-order valence-corrected chi connectivity index (χ1v) is 12.7. The standard InChI is InChI=1S/C12H22O4.C6H10O3.C6H14O2/c1-2-10(14-8-12-9-16-12)4-3-5-13-6-11-7-15-11;1(5-3-8-5)7-2-6-4-9-6;1-2-3-4-5-6(7)8/h10-12H,2-9H2,1H3;5-6H,1-4H2;6-8H,2-5H2,1H3. The molecule has 4 aliphatic rings. The summed E-state index contributed by atoms with van der Waals surface area (Å²) in [5.41, 5.74) is 0. The molecular weight excluding hydrogens is 432 g/mol. The van der Waals surface area contributed by atoms with Gasteiger partial charge in [0.05, 0.1) is 59.0 Å². The van der Waals surface area contributed by atoms with Gasteiger partial charge in [0.1, 0.15) is 24.4 Å². The van der Waals surface area contributed by atoms with Crippen LogP contribution in [0.5, 0.6) is 0 Å². The summed E-state index contributed by atoms with van der Waals surface area (Å²) in [6.07, 6.45) is 7.69. The molecule has 33 heavy (non-hydrogen) atoms. The molecule has 0 aliphatic carbocycles. The zero-order chi connectivity index (χ0) is 23.7. The molecule has 4 aliphatic heterocycles. The van der Waals surface area contributed by atoms with Gasteiger partial charge in [-0.1, -0.05) is 26.7 Å². The number of ether oxygens (including phenoxy) is 7. The Labute approximate surface area is 199 Å². The third-order valence-electron chi connectivity index (χ3n) is 5.37. The SMILES string of the molecule is C(OCC1CO1)C1CO1.CCC(CCCOCC1CO1)OCC1CO1.CCCCCC(O)O. The van der Waals surface area contributed by atoms with Crippen molar-refractivity contribution in [3.05, 3.63) is 0 Å². The Hall–Kier alpha value is -0.360. The number of unbranched alkanes of at least 4 members (excludes halogenated alkanes) is 2. The summed E-state index contributed by atoms with van der Waals surface area (Å²) in [6, 6.07) is 0. The van der Waals surface area contributed by atoms with Crippen molar-refractivity contribution in [2.45, 2.75) is 95.6 Å². The first-order chi connectivity index (χ1) is 16.1. The molecule has 0 radical (unpaired) electrons. The van der Waals surface area contributed by atoms with Crippen LogP contribution in [0.1, 0.15) is 58.8 Å². The molecule has 196 valence electrons. The lowest BCUT2D eigenvalue weighted by atomic mass is 10.1. The molecule has 0 aromatic heterocycles. The number of epoxide rings is 4. The highest BCUT2D eigenvalue weighted by atomic mass is 16.6. The quantitative estimate of drug-likeness (QED) is 0.173. The van der Waals surface area contributed by atoms with Crippen molar-refractivity contribution in [3.63, 3.8) is 0 Å². The number of rotatable bonds is 18.